The summed E-state index contributed by atoms with van der Waals surface area (Å²) in [6.07, 6.45) is 1.40. The summed E-state index contributed by atoms with van der Waals surface area (Å²) < 4.78 is 15.8. The zero-order valence-corrected chi connectivity index (χ0v) is 14.5. The van der Waals surface area contributed by atoms with E-state index in [1.165, 1.54) is 27.5 Å². The average molecular weight is 348 g/mol. The van der Waals surface area contributed by atoms with E-state index in [0.717, 1.165) is 0 Å². The normalized spacial score (nSPS) is 16.4. The first kappa shape index (κ1) is 18.2. The average Bonchev–Trinajstić information content (AvgIpc) is 2.92. The van der Waals surface area contributed by atoms with Gasteiger partial charge in [0.25, 0.3) is 0 Å². The molecule has 0 radical (unpaired) electrons. The highest BCUT2D eigenvalue weighted by Crippen LogP contribution is 2.38. The summed E-state index contributed by atoms with van der Waals surface area (Å²) in [4.78, 5) is 23.5. The third-order valence-electron chi connectivity index (χ3n) is 3.68. The topological polar surface area (TPSA) is 111 Å². The van der Waals surface area contributed by atoms with Crippen molar-refractivity contribution in [3.8, 4) is 17.2 Å². The van der Waals surface area contributed by atoms with Crippen molar-refractivity contribution in [2.75, 3.05) is 21.3 Å². The van der Waals surface area contributed by atoms with Gasteiger partial charge in [-0.1, -0.05) is 0 Å². The number of methoxy groups -OCH3 is 3. The number of nitrogens with one attached hydrogen (secondary N) is 2. The molecular weight excluding hydrogens is 328 g/mol. The first-order valence-electron chi connectivity index (χ1n) is 7.46. The number of carbonyl (C=O) groups is 2. The minimum Gasteiger partial charge on any atom is -0.493 e. The van der Waals surface area contributed by atoms with Gasteiger partial charge in [0.05, 0.1) is 33.5 Å². The zero-order valence-electron chi connectivity index (χ0n) is 14.5. The van der Waals surface area contributed by atoms with Gasteiger partial charge in [-0.3, -0.25) is 9.59 Å². The fraction of sp³-hybridized carbons (Fsp3) is 0.375. The van der Waals surface area contributed by atoms with Gasteiger partial charge in [0.2, 0.25) is 17.6 Å². The molecule has 1 aliphatic heterocycles. The van der Waals surface area contributed by atoms with E-state index in [1.54, 1.807) is 19.1 Å². The molecule has 9 nitrogen and oxygen atoms in total. The number of hydrazone groups is 2. The fourth-order valence-corrected chi connectivity index (χ4v) is 2.36. The molecule has 0 saturated carbocycles. The van der Waals surface area contributed by atoms with Crippen molar-refractivity contribution in [1.29, 1.82) is 0 Å². The molecule has 0 fully saturated rings. The molecule has 0 aromatic heterocycles. The molecule has 1 aromatic rings. The highest BCUT2D eigenvalue weighted by atomic mass is 16.5. The highest BCUT2D eigenvalue weighted by molar-refractivity contribution is 6.09. The standard InChI is InChI=1S/C16H20N4O5/c1-9-11(16(22)20-18-9)7-13(21)19-17-8-10-5-6-12(23-2)15(25-4)14(10)24-3/h5-6,8,11H,7H2,1-4H3,(H,19,21)(H,20,22). The van der Waals surface area contributed by atoms with Crippen LogP contribution in [0.2, 0.25) is 0 Å². The largest absolute Gasteiger partial charge is 0.493 e. The Kier molecular flexibility index (Phi) is 5.93. The SMILES string of the molecule is COc1ccc(C=NNC(=O)CC2C(=O)NN=C2C)c(OC)c1OC. The van der Waals surface area contributed by atoms with Gasteiger partial charge in [0.15, 0.2) is 11.5 Å². The predicted octanol–water partition coefficient (Wildman–Crippen LogP) is 0.674. The number of ether oxygens (including phenoxy) is 3. The van der Waals surface area contributed by atoms with E-state index in [4.69, 9.17) is 14.2 Å². The molecule has 1 atom stereocenters. The van der Waals surface area contributed by atoms with Crippen LogP contribution in [0.3, 0.4) is 0 Å². The van der Waals surface area contributed by atoms with Crippen molar-refractivity contribution < 1.29 is 23.8 Å². The Morgan fingerprint density at radius 2 is 2.00 bits per heavy atom. The molecule has 1 aromatic carbocycles. The Labute approximate surface area is 145 Å². The maximum Gasteiger partial charge on any atom is 0.249 e. The predicted molar refractivity (Wildman–Crippen MR) is 91.2 cm³/mol. The van der Waals surface area contributed by atoms with Gasteiger partial charge in [-0.25, -0.2) is 10.9 Å². The smallest absolute Gasteiger partial charge is 0.249 e. The molecule has 0 aliphatic carbocycles. The van der Waals surface area contributed by atoms with Crippen LogP contribution in [0.1, 0.15) is 18.9 Å². The first-order valence-corrected chi connectivity index (χ1v) is 7.46. The van der Waals surface area contributed by atoms with Crippen molar-refractivity contribution >= 4 is 23.7 Å². The van der Waals surface area contributed by atoms with E-state index in [9.17, 15) is 9.59 Å². The summed E-state index contributed by atoms with van der Waals surface area (Å²) in [6, 6.07) is 3.42. The van der Waals surface area contributed by atoms with Crippen molar-refractivity contribution in [2.24, 2.45) is 16.1 Å². The second kappa shape index (κ2) is 8.13. The fourth-order valence-electron chi connectivity index (χ4n) is 2.36. The van der Waals surface area contributed by atoms with Crippen LogP contribution in [0.5, 0.6) is 17.2 Å². The molecule has 0 spiro atoms. The second-order valence-electron chi connectivity index (χ2n) is 5.20. The maximum absolute atomic E-state index is 11.9. The lowest BCUT2D eigenvalue weighted by Crippen LogP contribution is -2.29. The summed E-state index contributed by atoms with van der Waals surface area (Å²) in [7, 11) is 4.52. The van der Waals surface area contributed by atoms with Gasteiger partial charge in [-0.05, 0) is 19.1 Å². The lowest BCUT2D eigenvalue weighted by Gasteiger charge is -2.13. The monoisotopic (exact) mass is 348 g/mol. The molecule has 1 unspecified atom stereocenters. The highest BCUT2D eigenvalue weighted by Gasteiger charge is 2.29. The van der Waals surface area contributed by atoms with Gasteiger partial charge >= 0.3 is 0 Å². The minimum absolute atomic E-state index is 0.0262. The number of hydrogen-bond donors (Lipinski definition) is 2. The molecule has 9 heteroatoms. The molecule has 1 heterocycles. The van der Waals surface area contributed by atoms with E-state index in [1.807, 2.05) is 0 Å². The Morgan fingerprint density at radius 1 is 1.28 bits per heavy atom. The van der Waals surface area contributed by atoms with Crippen molar-refractivity contribution in [1.82, 2.24) is 10.9 Å². The van der Waals surface area contributed by atoms with E-state index in [2.05, 4.69) is 21.1 Å². The van der Waals surface area contributed by atoms with Gasteiger partial charge < -0.3 is 14.2 Å². The molecule has 0 saturated heterocycles. The molecule has 2 N–H and O–H groups in total. The van der Waals surface area contributed by atoms with E-state index >= 15 is 0 Å². The Hall–Kier alpha value is -3.10. The molecule has 134 valence electrons. The summed E-state index contributed by atoms with van der Waals surface area (Å²) in [5.41, 5.74) is 5.89. The summed E-state index contributed by atoms with van der Waals surface area (Å²) in [5.74, 6) is 0.117. The summed E-state index contributed by atoms with van der Waals surface area (Å²) >= 11 is 0. The van der Waals surface area contributed by atoms with Crippen molar-refractivity contribution in [2.45, 2.75) is 13.3 Å². The van der Waals surface area contributed by atoms with E-state index in [0.29, 0.717) is 28.5 Å². The van der Waals surface area contributed by atoms with Crippen LogP contribution in [0.4, 0.5) is 0 Å². The van der Waals surface area contributed by atoms with Crippen LogP contribution in [-0.2, 0) is 9.59 Å². The summed E-state index contributed by atoms with van der Waals surface area (Å²) in [6.45, 7) is 1.69. The molecular formula is C16H20N4O5. The van der Waals surface area contributed by atoms with Crippen LogP contribution in [0.25, 0.3) is 0 Å². The Morgan fingerprint density at radius 3 is 2.56 bits per heavy atom. The molecule has 2 rings (SSSR count). The minimum atomic E-state index is -0.564. The first-order chi connectivity index (χ1) is 12.0. The molecule has 25 heavy (non-hydrogen) atoms. The molecule has 1 aliphatic rings. The van der Waals surface area contributed by atoms with Crippen LogP contribution in [0.15, 0.2) is 22.3 Å². The number of hydrogen-bond acceptors (Lipinski definition) is 7. The van der Waals surface area contributed by atoms with E-state index in [-0.39, 0.29) is 12.3 Å². The summed E-state index contributed by atoms with van der Waals surface area (Å²) in [5, 5.41) is 7.69. The van der Waals surface area contributed by atoms with Crippen LogP contribution >= 0.6 is 0 Å². The number of rotatable bonds is 7. The number of amides is 2. The Bertz CT molecular complexity index is 729. The Balaban J connectivity index is 2.05. The van der Waals surface area contributed by atoms with Crippen LogP contribution < -0.4 is 25.1 Å². The van der Waals surface area contributed by atoms with Gasteiger partial charge in [-0.15, -0.1) is 0 Å². The maximum atomic E-state index is 11.9. The van der Waals surface area contributed by atoms with E-state index < -0.39 is 11.8 Å². The zero-order chi connectivity index (χ0) is 18.4. The number of nitrogens with zero attached hydrogens (tertiary/aromatic N) is 2. The lowest BCUT2D eigenvalue weighted by atomic mass is 10.0. The van der Waals surface area contributed by atoms with Crippen LogP contribution in [0, 0.1) is 5.92 Å². The van der Waals surface area contributed by atoms with Crippen molar-refractivity contribution in [3.63, 3.8) is 0 Å². The lowest BCUT2D eigenvalue weighted by molar-refractivity contribution is -0.127. The number of benzene rings is 1. The van der Waals surface area contributed by atoms with Gasteiger partial charge in [0, 0.05) is 17.7 Å². The van der Waals surface area contributed by atoms with Crippen LogP contribution in [-0.4, -0.2) is 45.1 Å². The third-order valence-corrected chi connectivity index (χ3v) is 3.68. The second-order valence-corrected chi connectivity index (χ2v) is 5.20. The van der Waals surface area contributed by atoms with Crippen molar-refractivity contribution in [3.05, 3.63) is 17.7 Å². The third kappa shape index (κ3) is 4.06. The number of carbonyl (C=O) groups excluding carboxylic acids is 2. The van der Waals surface area contributed by atoms with Gasteiger partial charge in [-0.2, -0.15) is 10.2 Å². The quantitative estimate of drug-likeness (QED) is 0.556. The molecule has 0 bridgehead atoms. The molecule has 2 amide bonds. The van der Waals surface area contributed by atoms with Gasteiger partial charge in [0.1, 0.15) is 0 Å².